The minimum atomic E-state index is -4.19. The maximum Gasteiger partial charge on any atom is 0.401 e. The summed E-state index contributed by atoms with van der Waals surface area (Å²) in [7, 11) is 0. The molecule has 0 aliphatic carbocycles. The molecule has 0 spiro atoms. The van der Waals surface area contributed by atoms with Crippen LogP contribution in [0.1, 0.15) is 37.6 Å². The largest absolute Gasteiger partial charge is 0.448 e. The van der Waals surface area contributed by atoms with Crippen LogP contribution < -0.4 is 5.32 Å². The van der Waals surface area contributed by atoms with Gasteiger partial charge in [-0.05, 0) is 6.42 Å². The Kier molecular flexibility index (Phi) is 4.35. The molecule has 0 aliphatic rings. The predicted octanol–water partition coefficient (Wildman–Crippen LogP) is 2.84. The smallest absolute Gasteiger partial charge is 0.401 e. The second-order valence-corrected chi connectivity index (χ2v) is 3.69. The second kappa shape index (κ2) is 5.34. The molecule has 0 saturated heterocycles. The van der Waals surface area contributed by atoms with Crippen molar-refractivity contribution < 1.29 is 17.6 Å². The van der Waals surface area contributed by atoms with Gasteiger partial charge in [-0.3, -0.25) is 0 Å². The Morgan fingerprint density at radius 1 is 1.50 bits per heavy atom. The molecule has 0 bridgehead atoms. The molecule has 0 amide bonds. The Morgan fingerprint density at radius 2 is 2.19 bits per heavy atom. The van der Waals surface area contributed by atoms with E-state index in [-0.39, 0.29) is 12.5 Å². The molecule has 16 heavy (non-hydrogen) atoms. The van der Waals surface area contributed by atoms with Gasteiger partial charge in [0.1, 0.15) is 5.76 Å². The molecule has 0 aromatic carbocycles. The van der Waals surface area contributed by atoms with Crippen LogP contribution in [0.2, 0.25) is 0 Å². The number of alkyl halides is 3. The van der Waals surface area contributed by atoms with Crippen molar-refractivity contribution in [3.8, 4) is 0 Å². The average Bonchev–Trinajstić information content (AvgIpc) is 2.63. The van der Waals surface area contributed by atoms with Gasteiger partial charge in [-0.1, -0.05) is 13.8 Å². The van der Waals surface area contributed by atoms with E-state index in [1.165, 1.54) is 6.39 Å². The van der Waals surface area contributed by atoms with Crippen LogP contribution in [-0.4, -0.2) is 17.7 Å². The third-order valence-electron chi connectivity index (χ3n) is 2.35. The third-order valence-corrected chi connectivity index (χ3v) is 2.35. The quantitative estimate of drug-likeness (QED) is 0.854. The SMILES string of the molecule is CCC(C)c1ocnc1CNCC(F)(F)F. The molecule has 1 atom stereocenters. The van der Waals surface area contributed by atoms with Crippen LogP contribution in [0, 0.1) is 0 Å². The van der Waals surface area contributed by atoms with Crippen LogP contribution in [-0.2, 0) is 6.54 Å². The summed E-state index contributed by atoms with van der Waals surface area (Å²) in [6.45, 7) is 3.00. The number of aromatic nitrogens is 1. The van der Waals surface area contributed by atoms with Crippen LogP contribution in [0.25, 0.3) is 0 Å². The van der Waals surface area contributed by atoms with Gasteiger partial charge in [0.05, 0.1) is 12.2 Å². The molecule has 6 heteroatoms. The Labute approximate surface area is 92.0 Å². The molecule has 0 radical (unpaired) electrons. The van der Waals surface area contributed by atoms with E-state index in [9.17, 15) is 13.2 Å². The molecule has 1 unspecified atom stereocenters. The van der Waals surface area contributed by atoms with Crippen LogP contribution in [0.15, 0.2) is 10.8 Å². The minimum absolute atomic E-state index is 0.0791. The minimum Gasteiger partial charge on any atom is -0.448 e. The van der Waals surface area contributed by atoms with Gasteiger partial charge >= 0.3 is 6.18 Å². The van der Waals surface area contributed by atoms with Crippen molar-refractivity contribution in [2.45, 2.75) is 38.9 Å². The zero-order valence-corrected chi connectivity index (χ0v) is 9.27. The number of hydrogen-bond donors (Lipinski definition) is 1. The summed E-state index contributed by atoms with van der Waals surface area (Å²) in [6, 6.07) is 0. The summed E-state index contributed by atoms with van der Waals surface area (Å²) in [5.74, 6) is 0.836. The fourth-order valence-corrected chi connectivity index (χ4v) is 1.32. The summed E-state index contributed by atoms with van der Waals surface area (Å²) in [5, 5.41) is 2.30. The molecule has 0 fully saturated rings. The number of oxazole rings is 1. The monoisotopic (exact) mass is 236 g/mol. The highest BCUT2D eigenvalue weighted by Gasteiger charge is 2.26. The first-order chi connectivity index (χ1) is 7.44. The molecule has 92 valence electrons. The molecular weight excluding hydrogens is 221 g/mol. The van der Waals surface area contributed by atoms with Crippen LogP contribution in [0.4, 0.5) is 13.2 Å². The van der Waals surface area contributed by atoms with Gasteiger partial charge in [0, 0.05) is 12.5 Å². The lowest BCUT2D eigenvalue weighted by atomic mass is 10.0. The van der Waals surface area contributed by atoms with Crippen molar-refractivity contribution in [1.82, 2.24) is 10.3 Å². The standard InChI is InChI=1S/C10H15F3N2O/c1-3-7(2)9-8(15-6-16-9)4-14-5-10(11,12)13/h6-7,14H,3-5H2,1-2H3. The van der Waals surface area contributed by atoms with Crippen molar-refractivity contribution in [3.63, 3.8) is 0 Å². The van der Waals surface area contributed by atoms with E-state index < -0.39 is 12.7 Å². The normalized spacial score (nSPS) is 14.1. The molecule has 0 saturated carbocycles. The Balaban J connectivity index is 2.51. The van der Waals surface area contributed by atoms with Crippen molar-refractivity contribution >= 4 is 0 Å². The van der Waals surface area contributed by atoms with Gasteiger partial charge in [0.25, 0.3) is 0 Å². The zero-order valence-electron chi connectivity index (χ0n) is 9.27. The van der Waals surface area contributed by atoms with Gasteiger partial charge in [0.2, 0.25) is 0 Å². The summed E-state index contributed by atoms with van der Waals surface area (Å²) in [5.41, 5.74) is 0.554. The van der Waals surface area contributed by atoms with Crippen molar-refractivity contribution in [2.75, 3.05) is 6.54 Å². The summed E-state index contributed by atoms with van der Waals surface area (Å²) >= 11 is 0. The highest BCUT2D eigenvalue weighted by Crippen LogP contribution is 2.22. The molecule has 1 aromatic heterocycles. The predicted molar refractivity (Wildman–Crippen MR) is 53.0 cm³/mol. The topological polar surface area (TPSA) is 38.1 Å². The maximum atomic E-state index is 11.9. The number of rotatable bonds is 5. The first-order valence-corrected chi connectivity index (χ1v) is 5.13. The van der Waals surface area contributed by atoms with Crippen molar-refractivity contribution in [2.24, 2.45) is 0 Å². The fourth-order valence-electron chi connectivity index (χ4n) is 1.32. The van der Waals surface area contributed by atoms with E-state index in [2.05, 4.69) is 10.3 Å². The lowest BCUT2D eigenvalue weighted by molar-refractivity contribution is -0.125. The van der Waals surface area contributed by atoms with Gasteiger partial charge in [0.15, 0.2) is 6.39 Å². The zero-order chi connectivity index (χ0) is 12.2. The fraction of sp³-hybridized carbons (Fsp3) is 0.700. The Morgan fingerprint density at radius 3 is 2.75 bits per heavy atom. The van der Waals surface area contributed by atoms with E-state index in [1.807, 2.05) is 13.8 Å². The second-order valence-electron chi connectivity index (χ2n) is 3.69. The number of nitrogens with one attached hydrogen (secondary N) is 1. The van der Waals surface area contributed by atoms with Crippen LogP contribution >= 0.6 is 0 Å². The number of nitrogens with zero attached hydrogens (tertiary/aromatic N) is 1. The summed E-state index contributed by atoms with van der Waals surface area (Å²) in [6.07, 6.45) is -2.06. The summed E-state index contributed by atoms with van der Waals surface area (Å²) in [4.78, 5) is 3.91. The average molecular weight is 236 g/mol. The molecular formula is C10H15F3N2O. The molecule has 0 aliphatic heterocycles. The van der Waals surface area contributed by atoms with E-state index >= 15 is 0 Å². The first kappa shape index (κ1) is 13.0. The van der Waals surface area contributed by atoms with Gasteiger partial charge in [-0.15, -0.1) is 0 Å². The van der Waals surface area contributed by atoms with Crippen LogP contribution in [0.3, 0.4) is 0 Å². The van der Waals surface area contributed by atoms with Gasteiger partial charge in [-0.25, -0.2) is 4.98 Å². The highest BCUT2D eigenvalue weighted by molar-refractivity contribution is 5.11. The first-order valence-electron chi connectivity index (χ1n) is 5.13. The van der Waals surface area contributed by atoms with E-state index in [0.29, 0.717) is 11.5 Å². The Bertz CT molecular complexity index is 322. The summed E-state index contributed by atoms with van der Waals surface area (Å²) < 4.78 is 40.9. The van der Waals surface area contributed by atoms with Gasteiger partial charge < -0.3 is 9.73 Å². The number of halogens is 3. The maximum absolute atomic E-state index is 11.9. The molecule has 1 heterocycles. The lowest BCUT2D eigenvalue weighted by Gasteiger charge is -2.09. The molecule has 1 aromatic rings. The highest BCUT2D eigenvalue weighted by atomic mass is 19.4. The third kappa shape index (κ3) is 3.84. The van der Waals surface area contributed by atoms with Gasteiger partial charge in [-0.2, -0.15) is 13.2 Å². The van der Waals surface area contributed by atoms with E-state index in [1.54, 1.807) is 0 Å². The van der Waals surface area contributed by atoms with E-state index in [4.69, 9.17) is 4.42 Å². The number of hydrogen-bond acceptors (Lipinski definition) is 3. The lowest BCUT2D eigenvalue weighted by Crippen LogP contribution is -2.28. The van der Waals surface area contributed by atoms with Crippen molar-refractivity contribution in [1.29, 1.82) is 0 Å². The van der Waals surface area contributed by atoms with Crippen molar-refractivity contribution in [3.05, 3.63) is 17.8 Å². The van der Waals surface area contributed by atoms with Crippen LogP contribution in [0.5, 0.6) is 0 Å². The molecule has 1 N–H and O–H groups in total. The molecule has 1 rings (SSSR count). The Hall–Kier alpha value is -1.04. The van der Waals surface area contributed by atoms with E-state index in [0.717, 1.165) is 6.42 Å². The molecule has 3 nitrogen and oxygen atoms in total.